The topological polar surface area (TPSA) is 55.4 Å². The monoisotopic (exact) mass is 279 g/mol. The summed E-state index contributed by atoms with van der Waals surface area (Å²) in [6.07, 6.45) is 4.39. The van der Waals surface area contributed by atoms with Gasteiger partial charge in [-0.1, -0.05) is 27.4 Å². The number of carbonyl (C=O) groups is 2. The van der Waals surface area contributed by atoms with E-state index in [1.54, 1.807) is 6.92 Å². The second kappa shape index (κ2) is 4.90. The highest BCUT2D eigenvalue weighted by atomic mass is 16.5. The molecule has 1 amide bonds. The quantitative estimate of drug-likeness (QED) is 0.635. The molecule has 2 saturated carbocycles. The molecule has 2 aliphatic rings. The average Bonchev–Trinajstić information content (AvgIpc) is 2.71. The number of esters is 1. The molecule has 2 fully saturated rings. The van der Waals surface area contributed by atoms with Crippen molar-refractivity contribution in [2.24, 2.45) is 16.7 Å². The summed E-state index contributed by atoms with van der Waals surface area (Å²) in [5.41, 5.74) is 0.265. The lowest BCUT2D eigenvalue weighted by atomic mass is 9.70. The molecule has 1 N–H and O–H groups in total. The van der Waals surface area contributed by atoms with Crippen molar-refractivity contribution in [1.82, 2.24) is 5.32 Å². The second-order valence-electron chi connectivity index (χ2n) is 6.97. The molecule has 2 rings (SSSR count). The van der Waals surface area contributed by atoms with Crippen molar-refractivity contribution in [3.63, 3.8) is 0 Å². The Kier molecular flexibility index (Phi) is 3.69. The fourth-order valence-corrected chi connectivity index (χ4v) is 3.88. The Morgan fingerprint density at radius 2 is 2.05 bits per heavy atom. The predicted molar refractivity (Wildman–Crippen MR) is 76.9 cm³/mol. The predicted octanol–water partition coefficient (Wildman–Crippen LogP) is 2.44. The minimum absolute atomic E-state index is 0.0353. The number of hydrogen-bond donors (Lipinski definition) is 1. The van der Waals surface area contributed by atoms with Gasteiger partial charge in [-0.15, -0.1) is 0 Å². The summed E-state index contributed by atoms with van der Waals surface area (Å²) in [5, 5.41) is 2.55. The van der Waals surface area contributed by atoms with Gasteiger partial charge in [0.1, 0.15) is 12.1 Å². The van der Waals surface area contributed by atoms with Gasteiger partial charge < -0.3 is 10.1 Å². The molecule has 2 aliphatic carbocycles. The maximum Gasteiger partial charge on any atom is 0.328 e. The highest BCUT2D eigenvalue weighted by Crippen LogP contribution is 2.66. The van der Waals surface area contributed by atoms with Gasteiger partial charge in [-0.3, -0.25) is 4.79 Å². The van der Waals surface area contributed by atoms with E-state index in [2.05, 4.69) is 32.7 Å². The molecule has 0 aliphatic heterocycles. The van der Waals surface area contributed by atoms with Crippen LogP contribution in [-0.2, 0) is 14.3 Å². The number of ether oxygens (including phenoxy) is 1. The largest absolute Gasteiger partial charge is 0.460 e. The van der Waals surface area contributed by atoms with Gasteiger partial charge in [0, 0.05) is 5.41 Å². The molecule has 0 radical (unpaired) electrons. The van der Waals surface area contributed by atoms with E-state index in [-0.39, 0.29) is 28.8 Å². The van der Waals surface area contributed by atoms with Crippen molar-refractivity contribution >= 4 is 11.9 Å². The normalized spacial score (nSPS) is 35.4. The number of carbonyl (C=O) groups excluding carboxylic acids is 2. The van der Waals surface area contributed by atoms with E-state index in [9.17, 15) is 9.59 Å². The molecule has 4 unspecified atom stereocenters. The minimum Gasteiger partial charge on any atom is -0.460 e. The SMILES string of the molecule is C=CC(=O)NC(C)C(=O)OC1CC2CCC1(C)C2(C)C. The Bertz CT molecular complexity index is 443. The second-order valence-corrected chi connectivity index (χ2v) is 6.97. The third kappa shape index (κ3) is 2.15. The molecule has 0 heterocycles. The van der Waals surface area contributed by atoms with E-state index in [4.69, 9.17) is 4.74 Å². The van der Waals surface area contributed by atoms with Crippen molar-refractivity contribution in [3.8, 4) is 0 Å². The van der Waals surface area contributed by atoms with Crippen molar-refractivity contribution in [2.75, 3.05) is 0 Å². The molecule has 2 bridgehead atoms. The van der Waals surface area contributed by atoms with Crippen molar-refractivity contribution in [3.05, 3.63) is 12.7 Å². The van der Waals surface area contributed by atoms with Crippen LogP contribution >= 0.6 is 0 Å². The number of hydrogen-bond acceptors (Lipinski definition) is 3. The molecule has 4 nitrogen and oxygen atoms in total. The first kappa shape index (κ1) is 15.1. The lowest BCUT2D eigenvalue weighted by Crippen LogP contribution is -2.44. The first-order valence-corrected chi connectivity index (χ1v) is 7.36. The van der Waals surface area contributed by atoms with E-state index in [0.717, 1.165) is 18.9 Å². The van der Waals surface area contributed by atoms with Gasteiger partial charge in [0.05, 0.1) is 0 Å². The van der Waals surface area contributed by atoms with Crippen LogP contribution in [0.25, 0.3) is 0 Å². The molecule has 4 heteroatoms. The van der Waals surface area contributed by atoms with Crippen molar-refractivity contribution < 1.29 is 14.3 Å². The first-order valence-electron chi connectivity index (χ1n) is 7.36. The van der Waals surface area contributed by atoms with E-state index < -0.39 is 6.04 Å². The van der Waals surface area contributed by atoms with Crippen LogP contribution in [0.1, 0.15) is 47.0 Å². The fraction of sp³-hybridized carbons (Fsp3) is 0.750. The van der Waals surface area contributed by atoms with Crippen LogP contribution in [0.5, 0.6) is 0 Å². The van der Waals surface area contributed by atoms with Gasteiger partial charge in [-0.05, 0) is 43.6 Å². The van der Waals surface area contributed by atoms with Crippen LogP contribution in [0.4, 0.5) is 0 Å². The third-order valence-corrected chi connectivity index (χ3v) is 5.87. The first-order chi connectivity index (χ1) is 9.22. The van der Waals surface area contributed by atoms with Crippen LogP contribution in [0, 0.1) is 16.7 Å². The van der Waals surface area contributed by atoms with Crippen LogP contribution in [-0.4, -0.2) is 24.0 Å². The zero-order valence-electron chi connectivity index (χ0n) is 12.9. The number of fused-ring (bicyclic) bond motifs is 2. The molecular weight excluding hydrogens is 254 g/mol. The number of rotatable bonds is 4. The molecule has 0 saturated heterocycles. The van der Waals surface area contributed by atoms with E-state index >= 15 is 0 Å². The molecule has 112 valence electrons. The lowest BCUT2D eigenvalue weighted by Gasteiger charge is -2.38. The molecule has 4 atom stereocenters. The zero-order chi connectivity index (χ0) is 15.1. The Labute approximate surface area is 120 Å². The van der Waals surface area contributed by atoms with Crippen LogP contribution in [0.15, 0.2) is 12.7 Å². The molecule has 20 heavy (non-hydrogen) atoms. The van der Waals surface area contributed by atoms with E-state index in [1.165, 1.54) is 6.42 Å². The van der Waals surface area contributed by atoms with Gasteiger partial charge in [0.15, 0.2) is 0 Å². The number of nitrogens with one attached hydrogen (secondary N) is 1. The highest BCUT2D eigenvalue weighted by molar-refractivity contribution is 5.90. The Hall–Kier alpha value is -1.32. The summed E-state index contributed by atoms with van der Waals surface area (Å²) in [7, 11) is 0. The summed E-state index contributed by atoms with van der Waals surface area (Å²) in [5.74, 6) is -0.0768. The van der Waals surface area contributed by atoms with Gasteiger partial charge >= 0.3 is 5.97 Å². The van der Waals surface area contributed by atoms with Crippen molar-refractivity contribution in [1.29, 1.82) is 0 Å². The van der Waals surface area contributed by atoms with Gasteiger partial charge in [0.25, 0.3) is 0 Å². The van der Waals surface area contributed by atoms with Crippen LogP contribution in [0.2, 0.25) is 0 Å². The summed E-state index contributed by atoms with van der Waals surface area (Å²) in [6, 6.07) is -0.633. The molecule has 0 aromatic heterocycles. The van der Waals surface area contributed by atoms with Crippen LogP contribution in [0.3, 0.4) is 0 Å². The summed E-state index contributed by atoms with van der Waals surface area (Å²) in [4.78, 5) is 23.3. The average molecular weight is 279 g/mol. The van der Waals surface area contributed by atoms with Gasteiger partial charge in [0.2, 0.25) is 5.91 Å². The maximum atomic E-state index is 12.1. The maximum absolute atomic E-state index is 12.1. The smallest absolute Gasteiger partial charge is 0.328 e. The molecule has 0 aromatic carbocycles. The fourth-order valence-electron chi connectivity index (χ4n) is 3.88. The van der Waals surface area contributed by atoms with Crippen molar-refractivity contribution in [2.45, 2.75) is 59.1 Å². The lowest BCUT2D eigenvalue weighted by molar-refractivity contribution is -0.159. The Morgan fingerprint density at radius 3 is 2.50 bits per heavy atom. The molecule has 0 spiro atoms. The van der Waals surface area contributed by atoms with E-state index in [1.807, 2.05) is 0 Å². The Morgan fingerprint density at radius 1 is 1.40 bits per heavy atom. The Balaban J connectivity index is 2.00. The van der Waals surface area contributed by atoms with Crippen LogP contribution < -0.4 is 5.32 Å². The summed E-state index contributed by atoms with van der Waals surface area (Å²) in [6.45, 7) is 11.8. The van der Waals surface area contributed by atoms with Gasteiger partial charge in [-0.25, -0.2) is 4.79 Å². The standard InChI is InChI=1S/C16H25NO3/c1-6-13(18)17-10(2)14(19)20-12-9-11-7-8-16(12,5)15(11,3)4/h6,10-12H,1,7-9H2,2-5H3,(H,17,18). The summed E-state index contributed by atoms with van der Waals surface area (Å²) < 4.78 is 5.70. The molecular formula is C16H25NO3. The molecule has 0 aromatic rings. The van der Waals surface area contributed by atoms with E-state index in [0.29, 0.717) is 5.92 Å². The third-order valence-electron chi connectivity index (χ3n) is 5.87. The zero-order valence-corrected chi connectivity index (χ0v) is 12.9. The number of amides is 1. The summed E-state index contributed by atoms with van der Waals surface area (Å²) >= 11 is 0. The minimum atomic E-state index is -0.633. The highest BCUT2D eigenvalue weighted by Gasteiger charge is 2.62. The van der Waals surface area contributed by atoms with Gasteiger partial charge in [-0.2, -0.15) is 0 Å².